The second kappa shape index (κ2) is 7.32. The van der Waals surface area contributed by atoms with Gasteiger partial charge in [-0.05, 0) is 43.9 Å². The quantitative estimate of drug-likeness (QED) is 0.884. The first-order valence-corrected chi connectivity index (χ1v) is 7.94. The average molecular weight is 338 g/mol. The summed E-state index contributed by atoms with van der Waals surface area (Å²) in [6.45, 7) is 0. The van der Waals surface area contributed by atoms with Gasteiger partial charge in [0, 0.05) is 43.3 Å². The highest BCUT2D eigenvalue weighted by molar-refractivity contribution is 5.99. The third-order valence-corrected chi connectivity index (χ3v) is 4.92. The molecule has 2 fully saturated rings. The van der Waals surface area contributed by atoms with E-state index in [0.29, 0.717) is 23.2 Å². The number of rotatable bonds is 3. The summed E-state index contributed by atoms with van der Waals surface area (Å²) in [6.07, 6.45) is 4.48. The van der Waals surface area contributed by atoms with Crippen LogP contribution in [0.3, 0.4) is 0 Å². The Morgan fingerprint density at radius 1 is 1.17 bits per heavy atom. The molecule has 0 radical (unpaired) electrons. The molecule has 2 unspecified atom stereocenters. The fraction of sp³-hybridized carbons (Fsp3) is 0.529. The Morgan fingerprint density at radius 3 is 2.39 bits per heavy atom. The molecule has 1 aromatic rings. The molecule has 2 N–H and O–H groups in total. The zero-order chi connectivity index (χ0) is 15.7. The van der Waals surface area contributed by atoms with Gasteiger partial charge in [-0.15, -0.1) is 12.4 Å². The first-order valence-electron chi connectivity index (χ1n) is 7.94. The Labute approximate surface area is 143 Å². The molecule has 2 heterocycles. The van der Waals surface area contributed by atoms with E-state index in [9.17, 15) is 9.59 Å². The molecule has 0 aromatic heterocycles. The lowest BCUT2D eigenvalue weighted by atomic mass is 9.97. The van der Waals surface area contributed by atoms with Crippen LogP contribution in [0.25, 0.3) is 0 Å². The lowest BCUT2D eigenvalue weighted by molar-refractivity contribution is 0.0681. The van der Waals surface area contributed by atoms with Crippen LogP contribution in [0.1, 0.15) is 46.4 Å². The van der Waals surface area contributed by atoms with Crippen LogP contribution in [0.15, 0.2) is 24.3 Å². The van der Waals surface area contributed by atoms with Gasteiger partial charge in [-0.3, -0.25) is 9.59 Å². The van der Waals surface area contributed by atoms with Crippen molar-refractivity contribution in [2.24, 2.45) is 0 Å². The van der Waals surface area contributed by atoms with Crippen molar-refractivity contribution in [2.75, 3.05) is 14.1 Å². The van der Waals surface area contributed by atoms with Gasteiger partial charge in [0.05, 0.1) is 0 Å². The van der Waals surface area contributed by atoms with Gasteiger partial charge in [0.25, 0.3) is 11.8 Å². The molecule has 0 spiro atoms. The molecule has 2 amide bonds. The fourth-order valence-corrected chi connectivity index (χ4v) is 3.65. The summed E-state index contributed by atoms with van der Waals surface area (Å²) in [6, 6.07) is 8.33. The van der Waals surface area contributed by atoms with E-state index in [1.54, 1.807) is 31.3 Å². The van der Waals surface area contributed by atoms with Gasteiger partial charge in [-0.25, -0.2) is 0 Å². The van der Waals surface area contributed by atoms with Crippen molar-refractivity contribution in [2.45, 2.75) is 43.8 Å². The van der Waals surface area contributed by atoms with Crippen molar-refractivity contribution in [1.29, 1.82) is 0 Å². The van der Waals surface area contributed by atoms with E-state index in [1.807, 2.05) is 11.9 Å². The minimum absolute atomic E-state index is 0. The fourth-order valence-electron chi connectivity index (χ4n) is 3.65. The molecule has 2 aliphatic heterocycles. The van der Waals surface area contributed by atoms with E-state index in [1.165, 1.54) is 12.8 Å². The second-order valence-corrected chi connectivity index (χ2v) is 6.34. The highest BCUT2D eigenvalue weighted by Gasteiger charge is 2.36. The van der Waals surface area contributed by atoms with Crippen molar-refractivity contribution in [3.8, 4) is 0 Å². The molecule has 6 heteroatoms. The van der Waals surface area contributed by atoms with Gasteiger partial charge in [0.1, 0.15) is 0 Å². The lowest BCUT2D eigenvalue weighted by Crippen LogP contribution is -2.48. The van der Waals surface area contributed by atoms with Crippen LogP contribution in [-0.2, 0) is 0 Å². The molecular weight excluding hydrogens is 314 g/mol. The molecule has 5 nitrogen and oxygen atoms in total. The molecule has 126 valence electrons. The molecule has 2 aliphatic rings. The maximum atomic E-state index is 12.7. The van der Waals surface area contributed by atoms with Crippen LogP contribution in [0, 0.1) is 0 Å². The molecule has 0 aliphatic carbocycles. The number of fused-ring (bicyclic) bond motifs is 2. The lowest BCUT2D eigenvalue weighted by Gasteiger charge is -2.35. The molecule has 3 rings (SSSR count). The van der Waals surface area contributed by atoms with Gasteiger partial charge in [0.15, 0.2) is 0 Å². The largest absolute Gasteiger partial charge is 0.355 e. The van der Waals surface area contributed by atoms with Gasteiger partial charge < -0.3 is 15.5 Å². The van der Waals surface area contributed by atoms with Crippen molar-refractivity contribution < 1.29 is 9.59 Å². The Kier molecular flexibility index (Phi) is 5.65. The summed E-state index contributed by atoms with van der Waals surface area (Å²) < 4.78 is 0. The molecule has 2 bridgehead atoms. The number of nitrogens with one attached hydrogen (secondary N) is 2. The minimum atomic E-state index is -0.169. The SMILES string of the molecule is CNC(=O)c1cccc(C(=O)N(C)C2CC3CCC(C2)N3)c1.Cl. The van der Waals surface area contributed by atoms with Crippen molar-refractivity contribution in [3.63, 3.8) is 0 Å². The number of halogens is 1. The minimum Gasteiger partial charge on any atom is -0.355 e. The van der Waals surface area contributed by atoms with E-state index in [4.69, 9.17) is 0 Å². The van der Waals surface area contributed by atoms with E-state index in [-0.39, 0.29) is 30.3 Å². The summed E-state index contributed by atoms with van der Waals surface area (Å²) in [5.74, 6) is -0.172. The van der Waals surface area contributed by atoms with Crippen LogP contribution in [0.5, 0.6) is 0 Å². The summed E-state index contributed by atoms with van der Waals surface area (Å²) in [5.41, 5.74) is 1.10. The highest BCUT2D eigenvalue weighted by Crippen LogP contribution is 2.29. The molecule has 2 atom stereocenters. The summed E-state index contributed by atoms with van der Waals surface area (Å²) in [5, 5.41) is 6.18. The first-order chi connectivity index (χ1) is 10.6. The number of carbonyl (C=O) groups is 2. The van der Waals surface area contributed by atoms with Crippen LogP contribution >= 0.6 is 12.4 Å². The van der Waals surface area contributed by atoms with Gasteiger partial charge in [0.2, 0.25) is 0 Å². The maximum absolute atomic E-state index is 12.7. The first kappa shape index (κ1) is 17.8. The number of hydrogen-bond donors (Lipinski definition) is 2. The van der Waals surface area contributed by atoms with Crippen molar-refractivity contribution in [1.82, 2.24) is 15.5 Å². The van der Waals surface area contributed by atoms with Gasteiger partial charge in [-0.1, -0.05) is 6.07 Å². The number of hydrogen-bond acceptors (Lipinski definition) is 3. The monoisotopic (exact) mass is 337 g/mol. The van der Waals surface area contributed by atoms with Crippen molar-refractivity contribution in [3.05, 3.63) is 35.4 Å². The van der Waals surface area contributed by atoms with Crippen LogP contribution in [-0.4, -0.2) is 48.9 Å². The summed E-state index contributed by atoms with van der Waals surface area (Å²) in [7, 11) is 3.47. The molecular formula is C17H24ClN3O2. The summed E-state index contributed by atoms with van der Waals surface area (Å²) in [4.78, 5) is 26.3. The van der Waals surface area contributed by atoms with Crippen LogP contribution < -0.4 is 10.6 Å². The zero-order valence-corrected chi connectivity index (χ0v) is 14.4. The predicted octanol–water partition coefficient (Wildman–Crippen LogP) is 1.82. The number of benzene rings is 1. The average Bonchev–Trinajstić information content (AvgIpc) is 2.90. The van der Waals surface area contributed by atoms with Crippen molar-refractivity contribution >= 4 is 24.2 Å². The van der Waals surface area contributed by atoms with E-state index in [0.717, 1.165) is 12.8 Å². The summed E-state index contributed by atoms with van der Waals surface area (Å²) >= 11 is 0. The highest BCUT2D eigenvalue weighted by atomic mass is 35.5. The topological polar surface area (TPSA) is 61.4 Å². The Morgan fingerprint density at radius 2 is 1.78 bits per heavy atom. The third kappa shape index (κ3) is 3.67. The van der Waals surface area contributed by atoms with Crippen LogP contribution in [0.2, 0.25) is 0 Å². The Hall–Kier alpha value is -1.59. The van der Waals surface area contributed by atoms with E-state index >= 15 is 0 Å². The van der Waals surface area contributed by atoms with Gasteiger partial charge >= 0.3 is 0 Å². The molecule has 2 saturated heterocycles. The number of carbonyl (C=O) groups excluding carboxylic acids is 2. The number of amides is 2. The standard InChI is InChI=1S/C17H23N3O2.ClH/c1-18-16(21)11-4-3-5-12(8-11)17(22)20(2)15-9-13-6-7-14(10-15)19-13;/h3-5,8,13-15,19H,6-7,9-10H2,1-2H3,(H,18,21);1H. The molecule has 1 aromatic carbocycles. The van der Waals surface area contributed by atoms with E-state index in [2.05, 4.69) is 10.6 Å². The zero-order valence-electron chi connectivity index (χ0n) is 13.5. The van der Waals surface area contributed by atoms with E-state index < -0.39 is 0 Å². The Balaban J connectivity index is 0.00000192. The predicted molar refractivity (Wildman–Crippen MR) is 92.1 cm³/mol. The second-order valence-electron chi connectivity index (χ2n) is 6.34. The number of piperidine rings is 1. The molecule has 23 heavy (non-hydrogen) atoms. The normalized spacial score (nSPS) is 25.4. The van der Waals surface area contributed by atoms with Crippen LogP contribution in [0.4, 0.5) is 0 Å². The van der Waals surface area contributed by atoms with Gasteiger partial charge in [-0.2, -0.15) is 0 Å². The third-order valence-electron chi connectivity index (χ3n) is 4.92. The Bertz CT molecular complexity index is 581. The maximum Gasteiger partial charge on any atom is 0.253 e. The smallest absolute Gasteiger partial charge is 0.253 e. The number of nitrogens with zero attached hydrogens (tertiary/aromatic N) is 1. The molecule has 0 saturated carbocycles.